The van der Waals surface area contributed by atoms with Crippen molar-refractivity contribution in [2.75, 3.05) is 0 Å². The number of aryl methyl sites for hydroxylation is 1. The SMILES string of the molecule is CC[n+]1ccccc1/C=C/C([O-])=Nc1ccccc1.I. The van der Waals surface area contributed by atoms with Gasteiger partial charge in [0.2, 0.25) is 5.69 Å². The third kappa shape index (κ3) is 4.77. The molecule has 0 unspecified atom stereocenters. The maximum absolute atomic E-state index is 11.7. The summed E-state index contributed by atoms with van der Waals surface area (Å²) in [6.45, 7) is 2.93. The summed E-state index contributed by atoms with van der Waals surface area (Å²) in [4.78, 5) is 3.99. The van der Waals surface area contributed by atoms with Gasteiger partial charge in [-0.25, -0.2) is 0 Å². The molecule has 0 fully saturated rings. The van der Waals surface area contributed by atoms with E-state index >= 15 is 0 Å². The summed E-state index contributed by atoms with van der Waals surface area (Å²) in [5.74, 6) is -0.252. The van der Waals surface area contributed by atoms with E-state index in [0.717, 1.165) is 12.2 Å². The summed E-state index contributed by atoms with van der Waals surface area (Å²) in [6.07, 6.45) is 5.27. The molecule has 0 bridgehead atoms. The van der Waals surface area contributed by atoms with Crippen molar-refractivity contribution in [1.82, 2.24) is 0 Å². The van der Waals surface area contributed by atoms with Crippen LogP contribution in [0.4, 0.5) is 5.69 Å². The van der Waals surface area contributed by atoms with E-state index in [-0.39, 0.29) is 29.9 Å². The highest BCUT2D eigenvalue weighted by molar-refractivity contribution is 14.0. The zero-order valence-electron chi connectivity index (χ0n) is 11.3. The first-order chi connectivity index (χ1) is 9.29. The minimum absolute atomic E-state index is 0. The maximum Gasteiger partial charge on any atom is 0.205 e. The fourth-order valence-electron chi connectivity index (χ4n) is 1.75. The number of halogens is 1. The molecule has 2 rings (SSSR count). The van der Waals surface area contributed by atoms with Crippen LogP contribution in [0, 0.1) is 0 Å². The van der Waals surface area contributed by atoms with Gasteiger partial charge in [-0.05, 0) is 37.1 Å². The first-order valence-corrected chi connectivity index (χ1v) is 6.27. The minimum Gasteiger partial charge on any atom is -0.859 e. The Balaban J connectivity index is 0.00000200. The molecule has 0 aliphatic heterocycles. The normalized spacial score (nSPS) is 11.3. The average Bonchev–Trinajstić information content (AvgIpc) is 2.46. The quantitative estimate of drug-likeness (QED) is 0.348. The van der Waals surface area contributed by atoms with E-state index in [2.05, 4.69) is 16.5 Å². The number of benzene rings is 1. The molecule has 1 aromatic heterocycles. The Morgan fingerprint density at radius 2 is 1.85 bits per heavy atom. The van der Waals surface area contributed by atoms with Crippen LogP contribution in [0.5, 0.6) is 0 Å². The predicted molar refractivity (Wildman–Crippen MR) is 90.3 cm³/mol. The Hall–Kier alpha value is -1.69. The van der Waals surface area contributed by atoms with Gasteiger partial charge in [0.25, 0.3) is 0 Å². The maximum atomic E-state index is 11.7. The molecular formula is C16H17IN2O. The van der Waals surface area contributed by atoms with Gasteiger partial charge in [-0.3, -0.25) is 4.99 Å². The molecule has 20 heavy (non-hydrogen) atoms. The van der Waals surface area contributed by atoms with Crippen LogP contribution in [0.1, 0.15) is 12.6 Å². The highest BCUT2D eigenvalue weighted by atomic mass is 127. The van der Waals surface area contributed by atoms with E-state index in [1.54, 1.807) is 18.2 Å². The van der Waals surface area contributed by atoms with Gasteiger partial charge in [0.05, 0.1) is 5.69 Å². The van der Waals surface area contributed by atoms with Gasteiger partial charge >= 0.3 is 0 Å². The van der Waals surface area contributed by atoms with Crippen molar-refractivity contribution in [3.63, 3.8) is 0 Å². The number of para-hydroxylation sites is 1. The van der Waals surface area contributed by atoms with Gasteiger partial charge in [-0.2, -0.15) is 4.57 Å². The molecule has 0 radical (unpaired) electrons. The molecule has 0 N–H and O–H groups in total. The highest BCUT2D eigenvalue weighted by Gasteiger charge is 2.01. The van der Waals surface area contributed by atoms with Crippen molar-refractivity contribution in [3.05, 3.63) is 66.5 Å². The smallest absolute Gasteiger partial charge is 0.205 e. The summed E-state index contributed by atoms with van der Waals surface area (Å²) in [5, 5.41) is 11.7. The summed E-state index contributed by atoms with van der Waals surface area (Å²) < 4.78 is 2.06. The van der Waals surface area contributed by atoms with Crippen LogP contribution in [-0.4, -0.2) is 5.90 Å². The number of nitrogens with zero attached hydrogens (tertiary/aromatic N) is 2. The minimum atomic E-state index is -0.252. The van der Waals surface area contributed by atoms with Gasteiger partial charge < -0.3 is 5.11 Å². The first-order valence-electron chi connectivity index (χ1n) is 6.27. The largest absolute Gasteiger partial charge is 0.859 e. The van der Waals surface area contributed by atoms with E-state index in [1.807, 2.05) is 42.6 Å². The second-order valence-corrected chi connectivity index (χ2v) is 4.03. The van der Waals surface area contributed by atoms with Crippen molar-refractivity contribution < 1.29 is 9.67 Å². The zero-order chi connectivity index (χ0) is 13.5. The van der Waals surface area contributed by atoms with Gasteiger partial charge in [-0.1, -0.05) is 18.2 Å². The zero-order valence-corrected chi connectivity index (χ0v) is 13.6. The van der Waals surface area contributed by atoms with E-state index in [1.165, 1.54) is 6.08 Å². The van der Waals surface area contributed by atoms with E-state index < -0.39 is 0 Å². The van der Waals surface area contributed by atoms with E-state index in [9.17, 15) is 5.11 Å². The van der Waals surface area contributed by atoms with Crippen LogP contribution in [0.15, 0.2) is 65.8 Å². The molecule has 0 spiro atoms. The third-order valence-corrected chi connectivity index (χ3v) is 2.71. The molecule has 1 aromatic carbocycles. The molecule has 0 amide bonds. The van der Waals surface area contributed by atoms with Gasteiger partial charge in [0.15, 0.2) is 6.20 Å². The molecule has 0 atom stereocenters. The van der Waals surface area contributed by atoms with Crippen LogP contribution in [-0.2, 0) is 6.54 Å². The van der Waals surface area contributed by atoms with Gasteiger partial charge in [-0.15, -0.1) is 24.0 Å². The lowest BCUT2D eigenvalue weighted by Crippen LogP contribution is -2.35. The molecule has 3 nitrogen and oxygen atoms in total. The molecule has 0 aliphatic carbocycles. The molecule has 2 aromatic rings. The first kappa shape index (κ1) is 16.4. The fourth-order valence-corrected chi connectivity index (χ4v) is 1.75. The second kappa shape index (κ2) is 8.47. The highest BCUT2D eigenvalue weighted by Crippen LogP contribution is 2.09. The Morgan fingerprint density at radius 1 is 1.15 bits per heavy atom. The fraction of sp³-hybridized carbons (Fsp3) is 0.125. The molecular weight excluding hydrogens is 363 g/mol. The Labute approximate surface area is 136 Å². The van der Waals surface area contributed by atoms with Crippen molar-refractivity contribution >= 4 is 41.6 Å². The van der Waals surface area contributed by atoms with Crippen LogP contribution in [0.25, 0.3) is 6.08 Å². The van der Waals surface area contributed by atoms with Gasteiger partial charge in [0.1, 0.15) is 6.54 Å². The van der Waals surface area contributed by atoms with E-state index in [4.69, 9.17) is 0 Å². The van der Waals surface area contributed by atoms with E-state index in [0.29, 0.717) is 5.69 Å². The summed E-state index contributed by atoms with van der Waals surface area (Å²) >= 11 is 0. The predicted octanol–water partition coefficient (Wildman–Crippen LogP) is 2.72. The summed E-state index contributed by atoms with van der Waals surface area (Å²) in [7, 11) is 0. The third-order valence-electron chi connectivity index (χ3n) is 2.71. The van der Waals surface area contributed by atoms with Crippen LogP contribution in [0.3, 0.4) is 0 Å². The molecule has 0 aliphatic rings. The summed E-state index contributed by atoms with van der Waals surface area (Å²) in [5.41, 5.74) is 1.66. The van der Waals surface area contributed by atoms with Crippen LogP contribution < -0.4 is 9.67 Å². The van der Waals surface area contributed by atoms with Crippen LogP contribution >= 0.6 is 24.0 Å². The standard InChI is InChI=1S/C16H16N2O.HI/c1-2-18-13-7-6-10-15(18)11-12-16(19)17-14-8-4-3-5-9-14;/h3-13H,2H2,1H3;1H/b12-11+;. The van der Waals surface area contributed by atoms with Crippen molar-refractivity contribution in [2.45, 2.75) is 13.5 Å². The number of aliphatic imine (C=N–C) groups is 1. The van der Waals surface area contributed by atoms with Crippen molar-refractivity contribution in [2.24, 2.45) is 4.99 Å². The lowest BCUT2D eigenvalue weighted by atomic mass is 10.3. The Bertz CT molecular complexity index is 594. The molecule has 104 valence electrons. The topological polar surface area (TPSA) is 39.3 Å². The lowest BCUT2D eigenvalue weighted by Gasteiger charge is -2.04. The number of pyridine rings is 1. The van der Waals surface area contributed by atoms with Gasteiger partial charge in [0, 0.05) is 18.2 Å². The molecule has 0 saturated carbocycles. The number of rotatable bonds is 4. The lowest BCUT2D eigenvalue weighted by molar-refractivity contribution is -0.695. The Morgan fingerprint density at radius 3 is 2.55 bits per heavy atom. The van der Waals surface area contributed by atoms with Crippen molar-refractivity contribution in [1.29, 1.82) is 0 Å². The monoisotopic (exact) mass is 380 g/mol. The van der Waals surface area contributed by atoms with Crippen molar-refractivity contribution in [3.8, 4) is 0 Å². The molecule has 1 heterocycles. The average molecular weight is 380 g/mol. The number of hydrogen-bond donors (Lipinski definition) is 0. The molecule has 0 saturated heterocycles. The number of hydrogen-bond acceptors (Lipinski definition) is 2. The van der Waals surface area contributed by atoms with Crippen LogP contribution in [0.2, 0.25) is 0 Å². The molecule has 4 heteroatoms. The summed E-state index contributed by atoms with van der Waals surface area (Å²) in [6, 6.07) is 15.1. The number of aromatic nitrogens is 1. The Kier molecular flexibility index (Phi) is 6.93. The second-order valence-electron chi connectivity index (χ2n) is 4.03.